The summed E-state index contributed by atoms with van der Waals surface area (Å²) in [6.45, 7) is 3.46. The molecule has 0 aliphatic heterocycles. The Morgan fingerprint density at radius 2 is 2.64 bits per heavy atom. The highest BCUT2D eigenvalue weighted by molar-refractivity contribution is 5.88. The van der Waals surface area contributed by atoms with Crippen molar-refractivity contribution in [2.45, 2.75) is 6.42 Å². The highest BCUT2D eigenvalue weighted by atomic mass is 16.5. The first kappa shape index (κ1) is 7.53. The third-order valence-corrected chi connectivity index (χ3v) is 1.21. The molecular weight excluding hydrogens is 146 g/mol. The first-order valence-corrected chi connectivity index (χ1v) is 3.03. The summed E-state index contributed by atoms with van der Waals surface area (Å²) in [4.78, 5) is 10.4. The number of aromatic nitrogens is 1. The van der Waals surface area contributed by atoms with Crippen molar-refractivity contribution in [3.8, 4) is 0 Å². The molecule has 58 valence electrons. The molecule has 0 amide bonds. The lowest BCUT2D eigenvalue weighted by molar-refractivity contribution is 0.0694. The van der Waals surface area contributed by atoms with Gasteiger partial charge in [0.25, 0.3) is 0 Å². The molecule has 1 N–H and O–H groups in total. The second-order valence-electron chi connectivity index (χ2n) is 1.96. The van der Waals surface area contributed by atoms with Crippen LogP contribution in [-0.4, -0.2) is 16.2 Å². The van der Waals surface area contributed by atoms with Crippen molar-refractivity contribution < 1.29 is 14.4 Å². The van der Waals surface area contributed by atoms with E-state index in [1.54, 1.807) is 6.08 Å². The number of hydrogen-bond donors (Lipinski definition) is 1. The van der Waals surface area contributed by atoms with E-state index in [-0.39, 0.29) is 5.56 Å². The fraction of sp³-hybridized carbons (Fsp3) is 0.143. The predicted octanol–water partition coefficient (Wildman–Crippen LogP) is 1.10. The molecule has 0 atom stereocenters. The topological polar surface area (TPSA) is 63.3 Å². The van der Waals surface area contributed by atoms with Crippen LogP contribution in [0.4, 0.5) is 0 Å². The van der Waals surface area contributed by atoms with E-state index in [1.807, 2.05) is 0 Å². The maximum Gasteiger partial charge on any atom is 0.340 e. The molecule has 0 spiro atoms. The molecule has 0 aromatic carbocycles. The summed E-state index contributed by atoms with van der Waals surface area (Å²) in [6, 6.07) is 0. The van der Waals surface area contributed by atoms with Crippen molar-refractivity contribution in [2.24, 2.45) is 0 Å². The van der Waals surface area contributed by atoms with Crippen LogP contribution in [0.5, 0.6) is 0 Å². The van der Waals surface area contributed by atoms with Crippen LogP contribution in [0.15, 0.2) is 23.4 Å². The first-order valence-electron chi connectivity index (χ1n) is 3.03. The van der Waals surface area contributed by atoms with Crippen molar-refractivity contribution in [2.75, 3.05) is 0 Å². The van der Waals surface area contributed by atoms with Crippen LogP contribution >= 0.6 is 0 Å². The van der Waals surface area contributed by atoms with Crippen LogP contribution in [0, 0.1) is 0 Å². The van der Waals surface area contributed by atoms with Gasteiger partial charge in [-0.05, 0) is 0 Å². The lowest BCUT2D eigenvalue weighted by Gasteiger charge is -1.88. The maximum absolute atomic E-state index is 10.4. The number of nitrogens with zero attached hydrogens (tertiary/aromatic N) is 1. The predicted molar refractivity (Wildman–Crippen MR) is 37.4 cm³/mol. The zero-order valence-electron chi connectivity index (χ0n) is 5.78. The van der Waals surface area contributed by atoms with Gasteiger partial charge in [-0.1, -0.05) is 11.2 Å². The summed E-state index contributed by atoms with van der Waals surface area (Å²) in [5.74, 6) is -0.685. The lowest BCUT2D eigenvalue weighted by Crippen LogP contribution is -1.97. The van der Waals surface area contributed by atoms with Gasteiger partial charge in [-0.2, -0.15) is 0 Å². The van der Waals surface area contributed by atoms with E-state index in [1.165, 1.54) is 6.20 Å². The van der Waals surface area contributed by atoms with Crippen LogP contribution in [-0.2, 0) is 6.42 Å². The molecule has 4 nitrogen and oxygen atoms in total. The molecule has 0 unspecified atom stereocenters. The number of allylic oxidation sites excluding steroid dienone is 1. The Labute approximate surface area is 63.1 Å². The first-order chi connectivity index (χ1) is 5.25. The zero-order chi connectivity index (χ0) is 8.27. The Morgan fingerprint density at radius 3 is 3.18 bits per heavy atom. The number of hydrogen-bond acceptors (Lipinski definition) is 3. The van der Waals surface area contributed by atoms with E-state index in [2.05, 4.69) is 16.3 Å². The van der Waals surface area contributed by atoms with Crippen molar-refractivity contribution in [3.63, 3.8) is 0 Å². The number of carbonyl (C=O) groups is 1. The molecule has 0 aliphatic rings. The van der Waals surface area contributed by atoms with E-state index in [9.17, 15) is 4.79 Å². The van der Waals surface area contributed by atoms with Crippen LogP contribution in [0.3, 0.4) is 0 Å². The molecule has 1 heterocycles. The van der Waals surface area contributed by atoms with Gasteiger partial charge in [-0.3, -0.25) is 0 Å². The van der Waals surface area contributed by atoms with Gasteiger partial charge < -0.3 is 9.63 Å². The molecular formula is C7H7NO3. The Balaban J connectivity index is 2.95. The van der Waals surface area contributed by atoms with Crippen molar-refractivity contribution in [3.05, 3.63) is 30.2 Å². The van der Waals surface area contributed by atoms with E-state index in [0.717, 1.165) is 0 Å². The Hall–Kier alpha value is -1.58. The van der Waals surface area contributed by atoms with Crippen molar-refractivity contribution in [1.82, 2.24) is 5.16 Å². The highest BCUT2D eigenvalue weighted by Crippen LogP contribution is 2.08. The number of rotatable bonds is 3. The standard InChI is InChI=1S/C7H7NO3/c1-2-3-6-5(7(9)10)4-8-11-6/h2,4H,1,3H2,(H,9,10). The third kappa shape index (κ3) is 1.46. The summed E-state index contributed by atoms with van der Waals surface area (Å²) in [6.07, 6.45) is 3.13. The van der Waals surface area contributed by atoms with Crippen LogP contribution in [0.2, 0.25) is 0 Å². The van der Waals surface area contributed by atoms with E-state index in [4.69, 9.17) is 5.11 Å². The van der Waals surface area contributed by atoms with Gasteiger partial charge in [0.15, 0.2) is 5.76 Å². The number of aromatic carboxylic acids is 1. The molecule has 11 heavy (non-hydrogen) atoms. The average molecular weight is 153 g/mol. The molecule has 0 radical (unpaired) electrons. The Bertz CT molecular complexity index is 277. The monoisotopic (exact) mass is 153 g/mol. The minimum atomic E-state index is -1.02. The zero-order valence-corrected chi connectivity index (χ0v) is 5.78. The quantitative estimate of drug-likeness (QED) is 0.660. The minimum absolute atomic E-state index is 0.102. The molecule has 0 aliphatic carbocycles. The highest BCUT2D eigenvalue weighted by Gasteiger charge is 2.12. The lowest BCUT2D eigenvalue weighted by atomic mass is 10.2. The summed E-state index contributed by atoms with van der Waals surface area (Å²) < 4.78 is 4.66. The SMILES string of the molecule is C=CCc1oncc1C(=O)O. The van der Waals surface area contributed by atoms with Gasteiger partial charge in [0.2, 0.25) is 0 Å². The van der Waals surface area contributed by atoms with Crippen molar-refractivity contribution in [1.29, 1.82) is 0 Å². The van der Waals surface area contributed by atoms with Gasteiger partial charge in [-0.25, -0.2) is 4.79 Å². The van der Waals surface area contributed by atoms with E-state index < -0.39 is 5.97 Å². The van der Waals surface area contributed by atoms with Crippen molar-refractivity contribution >= 4 is 5.97 Å². The molecule has 0 saturated carbocycles. The molecule has 4 heteroatoms. The summed E-state index contributed by atoms with van der Waals surface area (Å²) in [7, 11) is 0. The summed E-state index contributed by atoms with van der Waals surface area (Å²) >= 11 is 0. The smallest absolute Gasteiger partial charge is 0.340 e. The second-order valence-corrected chi connectivity index (χ2v) is 1.96. The molecule has 0 bridgehead atoms. The summed E-state index contributed by atoms with van der Waals surface area (Å²) in [5.41, 5.74) is 0.102. The second kappa shape index (κ2) is 3.01. The van der Waals surface area contributed by atoms with Gasteiger partial charge in [0.05, 0.1) is 6.20 Å². The minimum Gasteiger partial charge on any atom is -0.478 e. The van der Waals surface area contributed by atoms with Gasteiger partial charge in [0.1, 0.15) is 5.56 Å². The van der Waals surface area contributed by atoms with E-state index in [0.29, 0.717) is 12.2 Å². The van der Waals surface area contributed by atoms with Crippen LogP contribution in [0.25, 0.3) is 0 Å². The molecule has 0 fully saturated rings. The number of carboxylic acid groups (broad SMARTS) is 1. The fourth-order valence-corrected chi connectivity index (χ4v) is 0.717. The third-order valence-electron chi connectivity index (χ3n) is 1.21. The summed E-state index contributed by atoms with van der Waals surface area (Å²) in [5, 5.41) is 11.9. The molecule has 0 saturated heterocycles. The molecule has 1 rings (SSSR count). The fourth-order valence-electron chi connectivity index (χ4n) is 0.717. The maximum atomic E-state index is 10.4. The Morgan fingerprint density at radius 1 is 1.91 bits per heavy atom. The molecule has 1 aromatic heterocycles. The Kier molecular flexibility index (Phi) is 2.06. The normalized spacial score (nSPS) is 9.45. The largest absolute Gasteiger partial charge is 0.478 e. The van der Waals surface area contributed by atoms with Crippen LogP contribution < -0.4 is 0 Å². The average Bonchev–Trinajstić information content (AvgIpc) is 2.36. The van der Waals surface area contributed by atoms with Gasteiger partial charge >= 0.3 is 5.97 Å². The van der Waals surface area contributed by atoms with Gasteiger partial charge in [0, 0.05) is 6.42 Å². The molecule has 1 aromatic rings. The van der Waals surface area contributed by atoms with Gasteiger partial charge in [-0.15, -0.1) is 6.58 Å². The number of carboxylic acids is 1. The van der Waals surface area contributed by atoms with Crippen LogP contribution in [0.1, 0.15) is 16.1 Å². The van der Waals surface area contributed by atoms with E-state index >= 15 is 0 Å².